The molecular weight excluding hydrogens is 262 g/mol. The van der Waals surface area contributed by atoms with Crippen LogP contribution in [0, 0.1) is 0 Å². The molecule has 0 spiro atoms. The van der Waals surface area contributed by atoms with Gasteiger partial charge in [0.15, 0.2) is 0 Å². The summed E-state index contributed by atoms with van der Waals surface area (Å²) in [6.45, 7) is 7.66. The largest absolute Gasteiger partial charge is 0.313 e. The summed E-state index contributed by atoms with van der Waals surface area (Å²) in [6, 6.07) is 0.655. The first-order chi connectivity index (χ1) is 8.75. The average Bonchev–Trinajstić information content (AvgIpc) is 2.35. The van der Waals surface area contributed by atoms with Crippen molar-refractivity contribution < 1.29 is 8.42 Å². The van der Waals surface area contributed by atoms with Crippen LogP contribution in [0.2, 0.25) is 0 Å². The minimum atomic E-state index is -3.18. The van der Waals surface area contributed by atoms with Gasteiger partial charge < -0.3 is 10.2 Å². The van der Waals surface area contributed by atoms with E-state index in [9.17, 15) is 8.42 Å². The van der Waals surface area contributed by atoms with E-state index in [2.05, 4.69) is 10.2 Å². The van der Waals surface area contributed by atoms with Gasteiger partial charge in [0.1, 0.15) is 0 Å². The Hall–Kier alpha value is -0.170. The lowest BCUT2D eigenvalue weighted by Crippen LogP contribution is -2.51. The highest BCUT2D eigenvalue weighted by Gasteiger charge is 2.33. The second-order valence-corrected chi connectivity index (χ2v) is 8.39. The van der Waals surface area contributed by atoms with Gasteiger partial charge in [0.05, 0.1) is 5.25 Å². The second-order valence-electron chi connectivity index (χ2n) is 6.04. The van der Waals surface area contributed by atoms with Gasteiger partial charge in [-0.2, -0.15) is 0 Å². The van der Waals surface area contributed by atoms with Crippen LogP contribution in [0.15, 0.2) is 0 Å². The molecule has 1 saturated heterocycles. The highest BCUT2D eigenvalue weighted by molar-refractivity contribution is 7.89. The summed E-state index contributed by atoms with van der Waals surface area (Å²) in [4.78, 5) is 2.12. The maximum Gasteiger partial charge on any atom is 0.218 e. The molecule has 0 aromatic heterocycles. The van der Waals surface area contributed by atoms with Gasteiger partial charge in [0, 0.05) is 31.7 Å². The number of hydrogen-bond acceptors (Lipinski definition) is 4. The SMILES string of the molecule is CC(C)NCC(C)S(=O)(=O)N1CCCC(N(C)C)C1. The van der Waals surface area contributed by atoms with E-state index in [1.54, 1.807) is 11.2 Å². The van der Waals surface area contributed by atoms with Crippen LogP contribution in [0.5, 0.6) is 0 Å². The molecular formula is C13H29N3O2S. The average molecular weight is 291 g/mol. The van der Waals surface area contributed by atoms with Gasteiger partial charge in [-0.3, -0.25) is 0 Å². The first kappa shape index (κ1) is 16.9. The third-order valence-corrected chi connectivity index (χ3v) is 6.01. The van der Waals surface area contributed by atoms with Crippen LogP contribution in [-0.4, -0.2) is 68.7 Å². The van der Waals surface area contributed by atoms with Crippen molar-refractivity contribution in [3.63, 3.8) is 0 Å². The molecule has 5 nitrogen and oxygen atoms in total. The molecule has 19 heavy (non-hydrogen) atoms. The van der Waals surface area contributed by atoms with Gasteiger partial charge in [-0.1, -0.05) is 13.8 Å². The fourth-order valence-electron chi connectivity index (χ4n) is 2.33. The molecule has 1 rings (SSSR count). The quantitative estimate of drug-likeness (QED) is 0.784. The van der Waals surface area contributed by atoms with Crippen LogP contribution in [0.25, 0.3) is 0 Å². The maximum atomic E-state index is 12.5. The lowest BCUT2D eigenvalue weighted by molar-refractivity contribution is 0.189. The van der Waals surface area contributed by atoms with Crippen LogP contribution < -0.4 is 5.32 Å². The van der Waals surface area contributed by atoms with Crippen LogP contribution in [0.3, 0.4) is 0 Å². The van der Waals surface area contributed by atoms with Gasteiger partial charge in [0.25, 0.3) is 0 Å². The topological polar surface area (TPSA) is 52.7 Å². The monoisotopic (exact) mass is 291 g/mol. The first-order valence-corrected chi connectivity index (χ1v) is 8.64. The van der Waals surface area contributed by atoms with Crippen LogP contribution in [0.4, 0.5) is 0 Å². The Morgan fingerprint density at radius 2 is 1.95 bits per heavy atom. The molecule has 6 heteroatoms. The van der Waals surface area contributed by atoms with Crippen molar-refractivity contribution in [3.05, 3.63) is 0 Å². The van der Waals surface area contributed by atoms with E-state index in [1.165, 1.54) is 0 Å². The van der Waals surface area contributed by atoms with Gasteiger partial charge in [-0.25, -0.2) is 12.7 Å². The van der Waals surface area contributed by atoms with E-state index in [4.69, 9.17) is 0 Å². The van der Waals surface area contributed by atoms with Crippen molar-refractivity contribution in [2.24, 2.45) is 0 Å². The molecule has 0 aromatic rings. The maximum absolute atomic E-state index is 12.5. The van der Waals surface area contributed by atoms with Crippen molar-refractivity contribution in [2.75, 3.05) is 33.7 Å². The number of nitrogens with one attached hydrogen (secondary N) is 1. The first-order valence-electron chi connectivity index (χ1n) is 7.14. The fraction of sp³-hybridized carbons (Fsp3) is 1.00. The summed E-state index contributed by atoms with van der Waals surface area (Å²) in [7, 11) is 0.857. The van der Waals surface area contributed by atoms with Crippen LogP contribution in [-0.2, 0) is 10.0 Å². The second kappa shape index (κ2) is 7.02. The molecule has 0 radical (unpaired) electrons. The predicted molar refractivity (Wildman–Crippen MR) is 79.8 cm³/mol. The number of sulfonamides is 1. The van der Waals surface area contributed by atoms with Gasteiger partial charge in [-0.15, -0.1) is 0 Å². The summed E-state index contributed by atoms with van der Waals surface area (Å²) in [5, 5.41) is 2.84. The number of likely N-dealkylation sites (N-methyl/N-ethyl adjacent to an activating group) is 1. The summed E-state index contributed by atoms with van der Waals surface area (Å²) in [5.74, 6) is 0. The smallest absolute Gasteiger partial charge is 0.218 e. The molecule has 0 saturated carbocycles. The zero-order chi connectivity index (χ0) is 14.6. The normalized spacial score (nSPS) is 24.1. The molecule has 1 heterocycles. The van der Waals surface area contributed by atoms with E-state index in [0.29, 0.717) is 31.7 Å². The van der Waals surface area contributed by atoms with Gasteiger partial charge in [-0.05, 0) is 33.9 Å². The molecule has 1 aliphatic heterocycles. The minimum Gasteiger partial charge on any atom is -0.313 e. The molecule has 1 fully saturated rings. The van der Waals surface area contributed by atoms with E-state index >= 15 is 0 Å². The Balaban J connectivity index is 2.65. The summed E-state index contributed by atoms with van der Waals surface area (Å²) >= 11 is 0. The van der Waals surface area contributed by atoms with Crippen molar-refractivity contribution in [2.45, 2.75) is 50.9 Å². The Labute approximate surface area is 118 Å². The Bertz CT molecular complexity index is 368. The molecule has 0 aromatic carbocycles. The molecule has 0 aliphatic carbocycles. The van der Waals surface area contributed by atoms with Crippen molar-refractivity contribution in [1.82, 2.24) is 14.5 Å². The summed E-state index contributed by atoms with van der Waals surface area (Å²) in [6.07, 6.45) is 2.03. The van der Waals surface area contributed by atoms with Crippen LogP contribution in [0.1, 0.15) is 33.6 Å². The Morgan fingerprint density at radius 1 is 1.32 bits per heavy atom. The lowest BCUT2D eigenvalue weighted by atomic mass is 10.1. The molecule has 2 unspecified atom stereocenters. The number of hydrogen-bond donors (Lipinski definition) is 1. The summed E-state index contributed by atoms with van der Waals surface area (Å²) < 4.78 is 26.7. The third kappa shape index (κ3) is 4.70. The van der Waals surface area contributed by atoms with E-state index in [-0.39, 0.29) is 5.25 Å². The Kier molecular flexibility index (Phi) is 6.23. The molecule has 0 bridgehead atoms. The molecule has 1 aliphatic rings. The highest BCUT2D eigenvalue weighted by Crippen LogP contribution is 2.19. The van der Waals surface area contributed by atoms with E-state index in [0.717, 1.165) is 12.8 Å². The Morgan fingerprint density at radius 3 is 2.47 bits per heavy atom. The number of piperidine rings is 1. The van der Waals surface area contributed by atoms with Crippen LogP contribution >= 0.6 is 0 Å². The zero-order valence-corrected chi connectivity index (χ0v) is 13.7. The lowest BCUT2D eigenvalue weighted by Gasteiger charge is -2.36. The van der Waals surface area contributed by atoms with Crippen molar-refractivity contribution in [3.8, 4) is 0 Å². The predicted octanol–water partition coefficient (Wildman–Crippen LogP) is 0.729. The standard InChI is InChI=1S/C13H29N3O2S/c1-11(2)14-9-12(3)19(17,18)16-8-6-7-13(10-16)15(4)5/h11-14H,6-10H2,1-5H3. The van der Waals surface area contributed by atoms with Gasteiger partial charge in [0.2, 0.25) is 10.0 Å². The zero-order valence-electron chi connectivity index (χ0n) is 12.9. The molecule has 114 valence electrons. The number of rotatable bonds is 6. The van der Waals surface area contributed by atoms with E-state index < -0.39 is 10.0 Å². The molecule has 1 N–H and O–H groups in total. The van der Waals surface area contributed by atoms with Crippen molar-refractivity contribution in [1.29, 1.82) is 0 Å². The fourth-order valence-corrected chi connectivity index (χ4v) is 3.91. The highest BCUT2D eigenvalue weighted by atomic mass is 32.2. The summed E-state index contributed by atoms with van der Waals surface area (Å²) in [5.41, 5.74) is 0. The molecule has 0 amide bonds. The van der Waals surface area contributed by atoms with E-state index in [1.807, 2.05) is 27.9 Å². The third-order valence-electron chi connectivity index (χ3n) is 3.77. The minimum absolute atomic E-state index is 0.313. The van der Waals surface area contributed by atoms with Crippen molar-refractivity contribution >= 4 is 10.0 Å². The van der Waals surface area contributed by atoms with Gasteiger partial charge >= 0.3 is 0 Å². The molecule has 2 atom stereocenters. The number of nitrogens with zero attached hydrogens (tertiary/aromatic N) is 2.